The minimum absolute atomic E-state index is 0.210. The fraction of sp³-hybridized carbons (Fsp3) is 0.600. The first-order valence-electron chi connectivity index (χ1n) is 6.12. The van der Waals surface area contributed by atoms with Crippen LogP contribution in [-0.2, 0) is 10.8 Å². The molecule has 1 aromatic rings. The lowest BCUT2D eigenvalue weighted by Crippen LogP contribution is -2.14. The summed E-state index contributed by atoms with van der Waals surface area (Å²) in [5.74, 6) is 0. The van der Waals surface area contributed by atoms with Gasteiger partial charge in [0.05, 0.1) is 0 Å². The highest BCUT2D eigenvalue weighted by atomic mass is 14.7. The lowest BCUT2D eigenvalue weighted by atomic mass is 9.82. The van der Waals surface area contributed by atoms with Gasteiger partial charge in [-0.3, -0.25) is 0 Å². The van der Waals surface area contributed by atoms with E-state index < -0.39 is 0 Å². The van der Waals surface area contributed by atoms with E-state index in [1.165, 1.54) is 16.7 Å². The Balaban J connectivity index is 2.53. The van der Waals surface area contributed by atoms with Crippen molar-refractivity contribution in [3.63, 3.8) is 0 Å². The summed E-state index contributed by atoms with van der Waals surface area (Å²) in [4.78, 5) is 0. The number of hydrogen-bond donors (Lipinski definition) is 1. The van der Waals surface area contributed by atoms with Gasteiger partial charge in [0, 0.05) is 6.04 Å². The van der Waals surface area contributed by atoms with Crippen LogP contribution in [0.25, 0.3) is 0 Å². The Labute approximate surface area is 99.0 Å². The minimum atomic E-state index is 0.210. The zero-order chi connectivity index (χ0) is 12.1. The Kier molecular flexibility index (Phi) is 2.43. The molecule has 0 radical (unpaired) electrons. The topological polar surface area (TPSA) is 26.0 Å². The van der Waals surface area contributed by atoms with Crippen LogP contribution in [0.3, 0.4) is 0 Å². The van der Waals surface area contributed by atoms with E-state index in [0.29, 0.717) is 0 Å². The number of hydrogen-bond acceptors (Lipinski definition) is 1. The molecule has 16 heavy (non-hydrogen) atoms. The van der Waals surface area contributed by atoms with Gasteiger partial charge in [-0.1, -0.05) is 52.8 Å². The second-order valence-corrected chi connectivity index (χ2v) is 6.75. The van der Waals surface area contributed by atoms with E-state index in [0.717, 1.165) is 6.42 Å². The van der Waals surface area contributed by atoms with E-state index in [1.54, 1.807) is 0 Å². The Hall–Kier alpha value is -0.820. The number of fused-ring (bicyclic) bond motifs is 1. The molecule has 1 aliphatic carbocycles. The molecular formula is C15H23N. The third-order valence-electron chi connectivity index (χ3n) is 3.78. The maximum atomic E-state index is 6.23. The summed E-state index contributed by atoms with van der Waals surface area (Å²) < 4.78 is 0. The van der Waals surface area contributed by atoms with Crippen molar-refractivity contribution in [3.05, 3.63) is 34.9 Å². The summed E-state index contributed by atoms with van der Waals surface area (Å²) in [6.07, 6.45) is 1.07. The molecule has 2 rings (SSSR count). The molecule has 0 aliphatic heterocycles. The van der Waals surface area contributed by atoms with Crippen LogP contribution in [0.1, 0.15) is 63.8 Å². The highest BCUT2D eigenvalue weighted by Gasteiger charge is 2.35. The van der Waals surface area contributed by atoms with Gasteiger partial charge in [0.2, 0.25) is 0 Å². The molecule has 0 saturated carbocycles. The van der Waals surface area contributed by atoms with Crippen LogP contribution in [0.15, 0.2) is 18.2 Å². The fourth-order valence-electron chi connectivity index (χ4n) is 2.72. The molecule has 0 bridgehead atoms. The van der Waals surface area contributed by atoms with Crippen molar-refractivity contribution in [2.75, 3.05) is 0 Å². The molecule has 0 spiro atoms. The van der Waals surface area contributed by atoms with Gasteiger partial charge < -0.3 is 5.73 Å². The second-order valence-electron chi connectivity index (χ2n) is 6.75. The third kappa shape index (κ3) is 1.78. The Morgan fingerprint density at radius 1 is 1.25 bits per heavy atom. The molecule has 88 valence electrons. The molecule has 0 amide bonds. The SMILES string of the molecule is CC(C)(C)c1ccc2c(c1)C(N)CC2(C)C. The van der Waals surface area contributed by atoms with Crippen molar-refractivity contribution >= 4 is 0 Å². The van der Waals surface area contributed by atoms with E-state index in [9.17, 15) is 0 Å². The van der Waals surface area contributed by atoms with Crippen LogP contribution < -0.4 is 5.73 Å². The second kappa shape index (κ2) is 3.33. The van der Waals surface area contributed by atoms with E-state index in [-0.39, 0.29) is 16.9 Å². The van der Waals surface area contributed by atoms with Gasteiger partial charge in [-0.05, 0) is 33.9 Å². The molecule has 0 aromatic heterocycles. The third-order valence-corrected chi connectivity index (χ3v) is 3.78. The quantitative estimate of drug-likeness (QED) is 0.705. The molecule has 1 unspecified atom stereocenters. The first-order valence-corrected chi connectivity index (χ1v) is 6.12. The Morgan fingerprint density at radius 3 is 2.44 bits per heavy atom. The van der Waals surface area contributed by atoms with Crippen LogP contribution in [0.5, 0.6) is 0 Å². The van der Waals surface area contributed by atoms with Crippen LogP contribution in [0, 0.1) is 0 Å². The first-order chi connectivity index (χ1) is 7.22. The summed E-state index contributed by atoms with van der Waals surface area (Å²) in [6.45, 7) is 11.3. The highest BCUT2D eigenvalue weighted by Crippen LogP contribution is 2.44. The summed E-state index contributed by atoms with van der Waals surface area (Å²) >= 11 is 0. The molecule has 0 heterocycles. The molecule has 1 nitrogen and oxygen atoms in total. The van der Waals surface area contributed by atoms with Gasteiger partial charge in [0.1, 0.15) is 0 Å². The average Bonchev–Trinajstić information content (AvgIpc) is 2.36. The van der Waals surface area contributed by atoms with E-state index in [1.807, 2.05) is 0 Å². The highest BCUT2D eigenvalue weighted by molar-refractivity contribution is 5.44. The van der Waals surface area contributed by atoms with Crippen molar-refractivity contribution < 1.29 is 0 Å². The number of rotatable bonds is 0. The van der Waals surface area contributed by atoms with Gasteiger partial charge in [0.25, 0.3) is 0 Å². The van der Waals surface area contributed by atoms with Crippen LogP contribution in [-0.4, -0.2) is 0 Å². The van der Waals surface area contributed by atoms with Gasteiger partial charge >= 0.3 is 0 Å². The summed E-state index contributed by atoms with van der Waals surface area (Å²) in [5, 5.41) is 0. The zero-order valence-corrected chi connectivity index (χ0v) is 11.1. The standard InChI is InChI=1S/C15H23N/c1-14(2,3)10-6-7-12-11(8-10)13(16)9-15(12,4)5/h6-8,13H,9,16H2,1-5H3. The van der Waals surface area contributed by atoms with Crippen LogP contribution >= 0.6 is 0 Å². The minimum Gasteiger partial charge on any atom is -0.324 e. The number of nitrogens with two attached hydrogens (primary N) is 1. The van der Waals surface area contributed by atoms with Crippen molar-refractivity contribution in [2.24, 2.45) is 5.73 Å². The average molecular weight is 217 g/mol. The Bertz CT molecular complexity index is 410. The maximum Gasteiger partial charge on any atom is 0.0306 e. The fourth-order valence-corrected chi connectivity index (χ4v) is 2.72. The normalized spacial score (nSPS) is 23.2. The molecular weight excluding hydrogens is 194 g/mol. The molecule has 1 atom stereocenters. The van der Waals surface area contributed by atoms with Gasteiger partial charge in [-0.15, -0.1) is 0 Å². The summed E-state index contributed by atoms with van der Waals surface area (Å²) in [6, 6.07) is 7.07. The molecule has 0 saturated heterocycles. The van der Waals surface area contributed by atoms with E-state index in [2.05, 4.69) is 52.8 Å². The zero-order valence-electron chi connectivity index (χ0n) is 11.1. The molecule has 1 aliphatic rings. The van der Waals surface area contributed by atoms with Crippen LogP contribution in [0.2, 0.25) is 0 Å². The van der Waals surface area contributed by atoms with Crippen molar-refractivity contribution in [1.82, 2.24) is 0 Å². The lowest BCUT2D eigenvalue weighted by molar-refractivity contribution is 0.481. The first kappa shape index (κ1) is 11.7. The predicted molar refractivity (Wildman–Crippen MR) is 69.7 cm³/mol. The summed E-state index contributed by atoms with van der Waals surface area (Å²) in [7, 11) is 0. The van der Waals surface area contributed by atoms with Crippen LogP contribution in [0.4, 0.5) is 0 Å². The summed E-state index contributed by atoms with van der Waals surface area (Å²) in [5.41, 5.74) is 10.9. The predicted octanol–water partition coefficient (Wildman–Crippen LogP) is 3.67. The van der Waals surface area contributed by atoms with Gasteiger partial charge in [-0.25, -0.2) is 0 Å². The van der Waals surface area contributed by atoms with Gasteiger partial charge in [0.15, 0.2) is 0 Å². The molecule has 2 N–H and O–H groups in total. The Morgan fingerprint density at radius 2 is 1.88 bits per heavy atom. The van der Waals surface area contributed by atoms with E-state index >= 15 is 0 Å². The maximum absolute atomic E-state index is 6.23. The van der Waals surface area contributed by atoms with E-state index in [4.69, 9.17) is 5.73 Å². The largest absolute Gasteiger partial charge is 0.324 e. The molecule has 0 fully saturated rings. The molecule has 1 aromatic carbocycles. The van der Waals surface area contributed by atoms with Crippen molar-refractivity contribution in [3.8, 4) is 0 Å². The molecule has 1 heteroatoms. The smallest absolute Gasteiger partial charge is 0.0306 e. The number of benzene rings is 1. The van der Waals surface area contributed by atoms with Gasteiger partial charge in [-0.2, -0.15) is 0 Å². The van der Waals surface area contributed by atoms with Crippen molar-refractivity contribution in [1.29, 1.82) is 0 Å². The monoisotopic (exact) mass is 217 g/mol. The van der Waals surface area contributed by atoms with Crippen molar-refractivity contribution in [2.45, 2.75) is 57.9 Å². The lowest BCUT2D eigenvalue weighted by Gasteiger charge is -2.22.